The largest absolute Gasteiger partial charge is 0.391 e. The molecule has 0 aromatic heterocycles. The lowest BCUT2D eigenvalue weighted by Gasteiger charge is -2.22. The zero-order chi connectivity index (χ0) is 10.9. The summed E-state index contributed by atoms with van der Waals surface area (Å²) in [6, 6.07) is 0. The minimum atomic E-state index is -0.274. The van der Waals surface area contributed by atoms with E-state index < -0.39 is 0 Å². The highest BCUT2D eigenvalue weighted by Gasteiger charge is 2.12. The Morgan fingerprint density at radius 3 is 2.80 bits per heavy atom. The van der Waals surface area contributed by atoms with Crippen molar-refractivity contribution in [3.05, 3.63) is 0 Å². The van der Waals surface area contributed by atoms with Gasteiger partial charge in [0.15, 0.2) is 0 Å². The molecule has 1 aliphatic rings. The summed E-state index contributed by atoms with van der Waals surface area (Å²) in [6.07, 6.45) is 5.57. The van der Waals surface area contributed by atoms with Gasteiger partial charge in [0.05, 0.1) is 12.7 Å². The minimum absolute atomic E-state index is 0.274. The second-order valence-corrected chi connectivity index (χ2v) is 4.47. The van der Waals surface area contributed by atoms with Crippen molar-refractivity contribution in [3.8, 4) is 0 Å². The number of hydrogen-bond acceptors (Lipinski definition) is 3. The summed E-state index contributed by atoms with van der Waals surface area (Å²) >= 11 is 0. The highest BCUT2D eigenvalue weighted by atomic mass is 16.5. The highest BCUT2D eigenvalue weighted by Crippen LogP contribution is 2.17. The fourth-order valence-electron chi connectivity index (χ4n) is 1.98. The van der Waals surface area contributed by atoms with Gasteiger partial charge in [0.25, 0.3) is 0 Å². The molecule has 0 aromatic carbocycles. The van der Waals surface area contributed by atoms with Crippen LogP contribution in [0.2, 0.25) is 0 Å². The average molecular weight is 215 g/mol. The van der Waals surface area contributed by atoms with Gasteiger partial charge in [0.1, 0.15) is 0 Å². The van der Waals surface area contributed by atoms with E-state index in [2.05, 4.69) is 5.32 Å². The van der Waals surface area contributed by atoms with Crippen LogP contribution in [0.1, 0.15) is 39.0 Å². The maximum absolute atomic E-state index is 9.27. The molecule has 15 heavy (non-hydrogen) atoms. The third-order valence-electron chi connectivity index (χ3n) is 3.14. The highest BCUT2D eigenvalue weighted by molar-refractivity contribution is 4.68. The second kappa shape index (κ2) is 8.08. The molecular weight excluding hydrogens is 190 g/mol. The summed E-state index contributed by atoms with van der Waals surface area (Å²) in [5.74, 6) is 0.894. The number of nitrogens with one attached hydrogen (secondary N) is 1. The maximum Gasteiger partial charge on any atom is 0.0771 e. The van der Waals surface area contributed by atoms with Crippen molar-refractivity contribution in [2.75, 3.05) is 26.3 Å². The molecule has 0 radical (unpaired) electrons. The van der Waals surface area contributed by atoms with Crippen LogP contribution in [-0.2, 0) is 4.74 Å². The van der Waals surface area contributed by atoms with Crippen LogP contribution in [0, 0.1) is 5.92 Å². The van der Waals surface area contributed by atoms with E-state index >= 15 is 0 Å². The van der Waals surface area contributed by atoms with Gasteiger partial charge in [-0.3, -0.25) is 0 Å². The van der Waals surface area contributed by atoms with E-state index in [1.54, 1.807) is 0 Å². The van der Waals surface area contributed by atoms with Gasteiger partial charge in [-0.1, -0.05) is 6.92 Å². The van der Waals surface area contributed by atoms with E-state index in [0.717, 1.165) is 25.4 Å². The smallest absolute Gasteiger partial charge is 0.0771 e. The Hall–Kier alpha value is -0.120. The molecule has 1 atom stereocenters. The lowest BCUT2D eigenvalue weighted by atomic mass is 9.93. The van der Waals surface area contributed by atoms with Crippen molar-refractivity contribution in [2.45, 2.75) is 45.1 Å². The average Bonchev–Trinajstić information content (AvgIpc) is 2.29. The lowest BCUT2D eigenvalue weighted by Crippen LogP contribution is -2.27. The normalized spacial score (nSPS) is 20.4. The molecule has 1 heterocycles. The molecule has 2 N–H and O–H groups in total. The summed E-state index contributed by atoms with van der Waals surface area (Å²) in [4.78, 5) is 0. The fraction of sp³-hybridized carbons (Fsp3) is 1.00. The van der Waals surface area contributed by atoms with Crippen LogP contribution in [0.3, 0.4) is 0 Å². The number of rotatable bonds is 7. The molecule has 1 unspecified atom stereocenters. The molecule has 1 aliphatic heterocycles. The first-order valence-electron chi connectivity index (χ1n) is 6.29. The number of aliphatic hydroxyl groups excluding tert-OH is 1. The predicted octanol–water partition coefficient (Wildman–Crippen LogP) is 1.55. The number of hydrogen-bond donors (Lipinski definition) is 2. The molecule has 1 fully saturated rings. The number of piperidine rings is 1. The van der Waals surface area contributed by atoms with Crippen molar-refractivity contribution in [2.24, 2.45) is 5.92 Å². The Bertz CT molecular complexity index is 147. The molecule has 3 heteroatoms. The van der Waals surface area contributed by atoms with Crippen molar-refractivity contribution >= 4 is 0 Å². The molecule has 90 valence electrons. The third-order valence-corrected chi connectivity index (χ3v) is 3.14. The zero-order valence-corrected chi connectivity index (χ0v) is 9.87. The first-order valence-corrected chi connectivity index (χ1v) is 6.29. The molecule has 1 rings (SSSR count). The molecular formula is C12H25NO2. The van der Waals surface area contributed by atoms with Gasteiger partial charge >= 0.3 is 0 Å². The van der Waals surface area contributed by atoms with Gasteiger partial charge in [-0.25, -0.2) is 0 Å². The van der Waals surface area contributed by atoms with Crippen molar-refractivity contribution in [1.29, 1.82) is 0 Å². The van der Waals surface area contributed by atoms with Crippen LogP contribution in [-0.4, -0.2) is 37.5 Å². The van der Waals surface area contributed by atoms with Gasteiger partial charge in [0.2, 0.25) is 0 Å². The molecule has 0 aromatic rings. The van der Waals surface area contributed by atoms with Gasteiger partial charge < -0.3 is 15.2 Å². The van der Waals surface area contributed by atoms with E-state index in [0.29, 0.717) is 6.61 Å². The summed E-state index contributed by atoms with van der Waals surface area (Å²) in [6.45, 7) is 5.65. The van der Waals surface area contributed by atoms with Gasteiger partial charge in [0, 0.05) is 6.61 Å². The van der Waals surface area contributed by atoms with Crippen LogP contribution in [0.4, 0.5) is 0 Å². The third kappa shape index (κ3) is 6.13. The summed E-state index contributed by atoms with van der Waals surface area (Å²) in [5, 5.41) is 12.6. The second-order valence-electron chi connectivity index (χ2n) is 4.47. The van der Waals surface area contributed by atoms with E-state index in [4.69, 9.17) is 4.74 Å². The topological polar surface area (TPSA) is 41.5 Å². The van der Waals surface area contributed by atoms with Crippen LogP contribution in [0.5, 0.6) is 0 Å². The van der Waals surface area contributed by atoms with Crippen LogP contribution < -0.4 is 5.32 Å². The number of aliphatic hydroxyl groups is 1. The molecule has 1 saturated heterocycles. The minimum Gasteiger partial charge on any atom is -0.391 e. The Morgan fingerprint density at radius 1 is 1.40 bits per heavy atom. The van der Waals surface area contributed by atoms with E-state index in [9.17, 15) is 5.11 Å². The summed E-state index contributed by atoms with van der Waals surface area (Å²) in [7, 11) is 0. The Morgan fingerprint density at radius 2 is 2.13 bits per heavy atom. The molecule has 0 aliphatic carbocycles. The fourth-order valence-corrected chi connectivity index (χ4v) is 1.98. The molecule has 0 saturated carbocycles. The molecule has 3 nitrogen and oxygen atoms in total. The van der Waals surface area contributed by atoms with Crippen molar-refractivity contribution in [3.63, 3.8) is 0 Å². The van der Waals surface area contributed by atoms with Crippen molar-refractivity contribution in [1.82, 2.24) is 5.32 Å². The SMILES string of the molecule is CCC(O)COCCCC1CCNCC1. The van der Waals surface area contributed by atoms with Gasteiger partial charge in [-0.2, -0.15) is 0 Å². The standard InChI is InChI=1S/C12H25NO2/c1-2-12(14)10-15-9-3-4-11-5-7-13-8-6-11/h11-14H,2-10H2,1H3. The van der Waals surface area contributed by atoms with Crippen LogP contribution in [0.15, 0.2) is 0 Å². The van der Waals surface area contributed by atoms with Crippen LogP contribution in [0.25, 0.3) is 0 Å². The Kier molecular flexibility index (Phi) is 6.98. The zero-order valence-electron chi connectivity index (χ0n) is 9.87. The maximum atomic E-state index is 9.27. The number of ether oxygens (including phenoxy) is 1. The molecule has 0 bridgehead atoms. The quantitative estimate of drug-likeness (QED) is 0.633. The molecule has 0 amide bonds. The van der Waals surface area contributed by atoms with E-state index in [-0.39, 0.29) is 6.10 Å². The van der Waals surface area contributed by atoms with Crippen molar-refractivity contribution < 1.29 is 9.84 Å². The Labute approximate surface area is 93.2 Å². The van der Waals surface area contributed by atoms with Crippen LogP contribution >= 0.6 is 0 Å². The Balaban J connectivity index is 1.87. The summed E-state index contributed by atoms with van der Waals surface area (Å²) < 4.78 is 5.41. The first-order chi connectivity index (χ1) is 7.33. The monoisotopic (exact) mass is 215 g/mol. The van der Waals surface area contributed by atoms with E-state index in [1.807, 2.05) is 6.92 Å². The first kappa shape index (κ1) is 12.9. The van der Waals surface area contributed by atoms with Gasteiger partial charge in [-0.15, -0.1) is 0 Å². The predicted molar refractivity (Wildman–Crippen MR) is 61.9 cm³/mol. The summed E-state index contributed by atoms with van der Waals surface area (Å²) in [5.41, 5.74) is 0. The molecule has 0 spiro atoms. The lowest BCUT2D eigenvalue weighted by molar-refractivity contribution is 0.0321. The van der Waals surface area contributed by atoms with Gasteiger partial charge in [-0.05, 0) is 51.1 Å². The van der Waals surface area contributed by atoms with E-state index in [1.165, 1.54) is 32.4 Å².